The minimum absolute atomic E-state index is 0.295. The number of hydrogen-bond acceptors (Lipinski definition) is 1. The summed E-state index contributed by atoms with van der Waals surface area (Å²) in [6.07, 6.45) is 0. The molecular formula is C15H12F2N2S. The van der Waals surface area contributed by atoms with Crippen LogP contribution in [-0.4, -0.2) is 9.55 Å². The van der Waals surface area contributed by atoms with E-state index in [1.165, 1.54) is 18.2 Å². The molecule has 20 heavy (non-hydrogen) atoms. The molecule has 0 atom stereocenters. The number of H-pyrrole nitrogens is 1. The maximum atomic E-state index is 13.6. The van der Waals surface area contributed by atoms with Crippen LogP contribution in [0.4, 0.5) is 8.78 Å². The number of rotatable bonds is 1. The predicted molar refractivity (Wildman–Crippen MR) is 77.8 cm³/mol. The Kier molecular flexibility index (Phi) is 2.94. The SMILES string of the molecule is Cc1cc2c(cc1F)[nH]c(=S)n2-c1cc(F)ccc1C. The first-order valence-electron chi connectivity index (χ1n) is 6.15. The molecule has 0 saturated carbocycles. The fraction of sp³-hybridized carbons (Fsp3) is 0.133. The minimum atomic E-state index is -0.333. The molecule has 0 radical (unpaired) electrons. The molecule has 0 spiro atoms. The molecule has 3 aromatic rings. The second-order valence-corrected chi connectivity index (χ2v) is 5.20. The molecule has 0 saturated heterocycles. The van der Waals surface area contributed by atoms with Crippen molar-refractivity contribution in [1.82, 2.24) is 9.55 Å². The van der Waals surface area contributed by atoms with Crippen molar-refractivity contribution >= 4 is 23.3 Å². The highest BCUT2D eigenvalue weighted by molar-refractivity contribution is 7.71. The summed E-state index contributed by atoms with van der Waals surface area (Å²) in [6.45, 7) is 3.57. The van der Waals surface area contributed by atoms with E-state index >= 15 is 0 Å². The number of nitrogens with zero attached hydrogens (tertiary/aromatic N) is 1. The summed E-state index contributed by atoms with van der Waals surface area (Å²) in [5.41, 5.74) is 3.41. The summed E-state index contributed by atoms with van der Waals surface area (Å²) in [4.78, 5) is 2.96. The van der Waals surface area contributed by atoms with E-state index in [9.17, 15) is 8.78 Å². The molecule has 2 nitrogen and oxygen atoms in total. The monoisotopic (exact) mass is 290 g/mol. The Morgan fingerprint density at radius 2 is 1.80 bits per heavy atom. The third-order valence-corrected chi connectivity index (χ3v) is 3.66. The zero-order chi connectivity index (χ0) is 14.4. The highest BCUT2D eigenvalue weighted by Crippen LogP contribution is 2.24. The summed E-state index contributed by atoms with van der Waals surface area (Å²) in [5, 5.41) is 0. The molecule has 0 aliphatic carbocycles. The summed E-state index contributed by atoms with van der Waals surface area (Å²) in [7, 11) is 0. The van der Waals surface area contributed by atoms with Gasteiger partial charge >= 0.3 is 0 Å². The maximum absolute atomic E-state index is 13.6. The Balaban J connectivity index is 2.42. The van der Waals surface area contributed by atoms with Gasteiger partial charge in [-0.1, -0.05) is 6.07 Å². The van der Waals surface area contributed by atoms with Crippen LogP contribution in [0.2, 0.25) is 0 Å². The van der Waals surface area contributed by atoms with Gasteiger partial charge in [-0.05, 0) is 61.5 Å². The second-order valence-electron chi connectivity index (χ2n) is 4.81. The van der Waals surface area contributed by atoms with E-state index in [2.05, 4.69) is 4.98 Å². The Hall–Kier alpha value is -2.01. The van der Waals surface area contributed by atoms with Gasteiger partial charge in [0, 0.05) is 0 Å². The number of aryl methyl sites for hydroxylation is 2. The molecule has 0 unspecified atom stereocenters. The fourth-order valence-corrected chi connectivity index (χ4v) is 2.60. The van der Waals surface area contributed by atoms with Crippen LogP contribution in [0.3, 0.4) is 0 Å². The van der Waals surface area contributed by atoms with E-state index in [-0.39, 0.29) is 11.6 Å². The number of fused-ring (bicyclic) bond motifs is 1. The molecule has 5 heteroatoms. The molecule has 0 aliphatic rings. The van der Waals surface area contributed by atoms with E-state index in [1.807, 2.05) is 6.92 Å². The zero-order valence-corrected chi connectivity index (χ0v) is 11.8. The largest absolute Gasteiger partial charge is 0.330 e. The normalized spacial score (nSPS) is 11.2. The molecular weight excluding hydrogens is 278 g/mol. The highest BCUT2D eigenvalue weighted by atomic mass is 32.1. The Labute approximate surface area is 119 Å². The van der Waals surface area contributed by atoms with Gasteiger partial charge in [-0.25, -0.2) is 8.78 Å². The van der Waals surface area contributed by atoms with Gasteiger partial charge in [0.25, 0.3) is 0 Å². The van der Waals surface area contributed by atoms with Gasteiger partial charge in [0.1, 0.15) is 11.6 Å². The first-order valence-corrected chi connectivity index (χ1v) is 6.55. The van der Waals surface area contributed by atoms with Crippen molar-refractivity contribution in [3.63, 3.8) is 0 Å². The van der Waals surface area contributed by atoms with Gasteiger partial charge in [-0.3, -0.25) is 4.57 Å². The molecule has 1 heterocycles. The van der Waals surface area contributed by atoms with E-state index in [0.717, 1.165) is 11.1 Å². The average Bonchev–Trinajstić information content (AvgIpc) is 2.69. The van der Waals surface area contributed by atoms with Crippen molar-refractivity contribution in [3.05, 3.63) is 57.9 Å². The van der Waals surface area contributed by atoms with Gasteiger partial charge in [0.2, 0.25) is 0 Å². The summed E-state index contributed by atoms with van der Waals surface area (Å²) < 4.78 is 29.3. The Bertz CT molecular complexity index is 877. The van der Waals surface area contributed by atoms with Gasteiger partial charge in [0.15, 0.2) is 4.77 Å². The van der Waals surface area contributed by atoms with Crippen molar-refractivity contribution < 1.29 is 8.78 Å². The van der Waals surface area contributed by atoms with Crippen molar-refractivity contribution in [2.45, 2.75) is 13.8 Å². The molecule has 1 N–H and O–H groups in total. The predicted octanol–water partition coefficient (Wildman–Crippen LogP) is 4.58. The number of nitrogens with one attached hydrogen (secondary N) is 1. The van der Waals surface area contributed by atoms with Crippen LogP contribution in [0.25, 0.3) is 16.7 Å². The highest BCUT2D eigenvalue weighted by Gasteiger charge is 2.11. The lowest BCUT2D eigenvalue weighted by Crippen LogP contribution is -1.98. The summed E-state index contributed by atoms with van der Waals surface area (Å²) in [6, 6.07) is 7.65. The van der Waals surface area contributed by atoms with E-state index < -0.39 is 0 Å². The number of benzene rings is 2. The number of aromatic nitrogens is 2. The lowest BCUT2D eigenvalue weighted by molar-refractivity contribution is 0.620. The van der Waals surface area contributed by atoms with Gasteiger partial charge in [-0.2, -0.15) is 0 Å². The molecule has 1 aromatic heterocycles. The molecule has 0 amide bonds. The third kappa shape index (κ3) is 1.94. The summed E-state index contributed by atoms with van der Waals surface area (Å²) in [5.74, 6) is -0.627. The number of imidazole rings is 1. The van der Waals surface area contributed by atoms with Crippen LogP contribution in [-0.2, 0) is 0 Å². The number of aromatic amines is 1. The third-order valence-electron chi connectivity index (χ3n) is 3.37. The topological polar surface area (TPSA) is 20.7 Å². The van der Waals surface area contributed by atoms with Crippen LogP contribution >= 0.6 is 12.2 Å². The number of hydrogen-bond donors (Lipinski definition) is 1. The second kappa shape index (κ2) is 4.52. The van der Waals surface area contributed by atoms with E-state index in [0.29, 0.717) is 21.5 Å². The van der Waals surface area contributed by atoms with Crippen LogP contribution in [0.5, 0.6) is 0 Å². The lowest BCUT2D eigenvalue weighted by Gasteiger charge is -2.09. The first kappa shape index (κ1) is 13.0. The number of halogens is 2. The molecule has 0 fully saturated rings. The van der Waals surface area contributed by atoms with Gasteiger partial charge in [0.05, 0.1) is 16.7 Å². The molecule has 102 valence electrons. The van der Waals surface area contributed by atoms with Gasteiger partial charge in [-0.15, -0.1) is 0 Å². The molecule has 0 bridgehead atoms. The minimum Gasteiger partial charge on any atom is -0.330 e. The van der Waals surface area contributed by atoms with Crippen LogP contribution in [0.15, 0.2) is 30.3 Å². The van der Waals surface area contributed by atoms with Crippen molar-refractivity contribution in [2.24, 2.45) is 0 Å². The van der Waals surface area contributed by atoms with Crippen molar-refractivity contribution in [1.29, 1.82) is 0 Å². The Morgan fingerprint density at radius 1 is 1.05 bits per heavy atom. The molecule has 3 rings (SSSR count). The maximum Gasteiger partial charge on any atom is 0.182 e. The summed E-state index contributed by atoms with van der Waals surface area (Å²) >= 11 is 5.29. The van der Waals surface area contributed by atoms with E-state index in [4.69, 9.17) is 12.2 Å². The van der Waals surface area contributed by atoms with Gasteiger partial charge < -0.3 is 4.98 Å². The zero-order valence-electron chi connectivity index (χ0n) is 11.0. The quantitative estimate of drug-likeness (QED) is 0.650. The van der Waals surface area contributed by atoms with Crippen LogP contribution < -0.4 is 0 Å². The van der Waals surface area contributed by atoms with Crippen molar-refractivity contribution in [3.8, 4) is 5.69 Å². The fourth-order valence-electron chi connectivity index (χ4n) is 2.29. The van der Waals surface area contributed by atoms with Crippen LogP contribution in [0.1, 0.15) is 11.1 Å². The van der Waals surface area contributed by atoms with Crippen molar-refractivity contribution in [2.75, 3.05) is 0 Å². The average molecular weight is 290 g/mol. The Morgan fingerprint density at radius 3 is 2.55 bits per heavy atom. The first-order chi connectivity index (χ1) is 9.47. The van der Waals surface area contributed by atoms with Crippen LogP contribution in [0, 0.1) is 30.3 Å². The smallest absolute Gasteiger partial charge is 0.182 e. The van der Waals surface area contributed by atoms with E-state index in [1.54, 1.807) is 23.6 Å². The lowest BCUT2D eigenvalue weighted by atomic mass is 10.1. The standard InChI is InChI=1S/C15H12F2N2S/c1-8-3-4-10(16)6-13(8)19-14-5-9(2)11(17)7-12(14)18-15(19)20/h3-7H,1-2H3,(H,18,20). The molecule has 2 aromatic carbocycles. The molecule has 0 aliphatic heterocycles.